The minimum absolute atomic E-state index is 0.0115. The maximum Gasteiger partial charge on any atom is 0.330 e. The second-order valence-corrected chi connectivity index (χ2v) is 10.3. The molecule has 216 valence electrons. The van der Waals surface area contributed by atoms with Gasteiger partial charge in [-0.2, -0.15) is 15.6 Å². The topological polar surface area (TPSA) is 140 Å². The summed E-state index contributed by atoms with van der Waals surface area (Å²) in [7, 11) is 1.60. The molecule has 1 N–H and O–H groups in total. The zero-order valence-corrected chi connectivity index (χ0v) is 24.4. The van der Waals surface area contributed by atoms with Crippen molar-refractivity contribution in [2.75, 3.05) is 13.7 Å². The van der Waals surface area contributed by atoms with Crippen molar-refractivity contribution in [1.82, 2.24) is 24.5 Å². The Hall–Kier alpha value is -4.98. The standard InChI is InChI=1S/C31H33N7O4/c1-6-42-27-14-21-9-11-37-24(22(21)15-26(27)41-5)16-28(33-29-19(3)12-18(2)13-20(29)4)38(31(37)40)10-7-8-25(39)30-23(17-32)34-36-35-30/h12-16H,6-11H2,1-5H3,(H,34,35,36). The molecule has 0 aliphatic carbocycles. The Morgan fingerprint density at radius 1 is 1.12 bits per heavy atom. The fourth-order valence-corrected chi connectivity index (χ4v) is 5.56. The summed E-state index contributed by atoms with van der Waals surface area (Å²) < 4.78 is 14.8. The molecule has 3 heterocycles. The molecule has 42 heavy (non-hydrogen) atoms. The van der Waals surface area contributed by atoms with Gasteiger partial charge in [0, 0.05) is 31.1 Å². The van der Waals surface area contributed by atoms with E-state index in [4.69, 9.17) is 14.5 Å². The highest BCUT2D eigenvalue weighted by atomic mass is 16.5. The van der Waals surface area contributed by atoms with Gasteiger partial charge in [-0.05, 0) is 69.4 Å². The van der Waals surface area contributed by atoms with Crippen molar-refractivity contribution < 1.29 is 14.3 Å². The fourth-order valence-electron chi connectivity index (χ4n) is 5.56. The molecule has 0 bridgehead atoms. The molecule has 2 aromatic heterocycles. The lowest BCUT2D eigenvalue weighted by Crippen LogP contribution is -2.42. The van der Waals surface area contributed by atoms with Crippen LogP contribution in [-0.2, 0) is 19.5 Å². The molecule has 1 aliphatic heterocycles. The van der Waals surface area contributed by atoms with Gasteiger partial charge in [0.2, 0.25) is 0 Å². The molecule has 11 nitrogen and oxygen atoms in total. The first-order valence-electron chi connectivity index (χ1n) is 13.9. The van der Waals surface area contributed by atoms with Crippen LogP contribution >= 0.6 is 0 Å². The third kappa shape index (κ3) is 5.35. The number of aromatic nitrogens is 5. The molecule has 0 amide bonds. The van der Waals surface area contributed by atoms with Crippen LogP contribution in [0, 0.1) is 32.1 Å². The van der Waals surface area contributed by atoms with Crippen molar-refractivity contribution in [2.45, 2.75) is 60.0 Å². The van der Waals surface area contributed by atoms with E-state index >= 15 is 0 Å². The van der Waals surface area contributed by atoms with E-state index in [1.54, 1.807) is 16.2 Å². The number of Topliss-reactive ketones (excluding diaryl/α,β-unsaturated/α-hetero) is 1. The van der Waals surface area contributed by atoms with E-state index < -0.39 is 0 Å². The van der Waals surface area contributed by atoms with Crippen LogP contribution in [-0.4, -0.2) is 44.0 Å². The summed E-state index contributed by atoms with van der Waals surface area (Å²) in [5.74, 6) is 0.960. The highest BCUT2D eigenvalue weighted by Crippen LogP contribution is 2.37. The predicted molar refractivity (Wildman–Crippen MR) is 156 cm³/mol. The highest BCUT2D eigenvalue weighted by Gasteiger charge is 2.23. The Bertz CT molecular complexity index is 1830. The number of nitrogens with one attached hydrogen (secondary N) is 1. The lowest BCUT2D eigenvalue weighted by molar-refractivity contribution is 0.0973. The third-order valence-electron chi connectivity index (χ3n) is 7.43. The number of aryl methyl sites for hydroxylation is 4. The summed E-state index contributed by atoms with van der Waals surface area (Å²) in [4.78, 5) is 31.8. The predicted octanol–water partition coefficient (Wildman–Crippen LogP) is 4.09. The van der Waals surface area contributed by atoms with Crippen molar-refractivity contribution in [2.24, 2.45) is 4.99 Å². The Morgan fingerprint density at radius 2 is 1.88 bits per heavy atom. The zero-order chi connectivity index (χ0) is 30.0. The molecule has 0 fully saturated rings. The lowest BCUT2D eigenvalue weighted by Gasteiger charge is -2.25. The third-order valence-corrected chi connectivity index (χ3v) is 7.43. The summed E-state index contributed by atoms with van der Waals surface area (Å²) in [5, 5.41) is 19.0. The Balaban J connectivity index is 1.62. The van der Waals surface area contributed by atoms with Gasteiger partial charge >= 0.3 is 5.69 Å². The first kappa shape index (κ1) is 28.5. The number of hydrogen-bond donors (Lipinski definition) is 1. The number of methoxy groups -OCH3 is 1. The average molecular weight is 568 g/mol. The van der Waals surface area contributed by atoms with E-state index in [0.717, 1.165) is 39.2 Å². The summed E-state index contributed by atoms with van der Waals surface area (Å²) >= 11 is 0. The monoisotopic (exact) mass is 567 g/mol. The minimum Gasteiger partial charge on any atom is -0.493 e. The second-order valence-electron chi connectivity index (χ2n) is 10.3. The molecule has 2 aromatic carbocycles. The number of benzene rings is 2. The van der Waals surface area contributed by atoms with Gasteiger partial charge in [0.15, 0.2) is 28.7 Å². The van der Waals surface area contributed by atoms with Crippen molar-refractivity contribution in [3.8, 4) is 28.8 Å². The number of hydrogen-bond acceptors (Lipinski definition) is 8. The number of rotatable bonds is 9. The SMILES string of the molecule is CCOc1cc2c(cc1OC)-c1cc(=Nc3c(C)cc(C)cc3C)n(CCCC(=O)c3n[nH]nc3C#N)c(=O)n1CC2. The molecule has 0 radical (unpaired) electrons. The van der Waals surface area contributed by atoms with Gasteiger partial charge in [0.25, 0.3) is 0 Å². The molecular weight excluding hydrogens is 534 g/mol. The molecule has 0 saturated carbocycles. The van der Waals surface area contributed by atoms with Crippen LogP contribution in [0.25, 0.3) is 11.3 Å². The maximum atomic E-state index is 14.0. The molecule has 1 aliphatic rings. The quantitative estimate of drug-likeness (QED) is 0.300. The number of fused-ring (bicyclic) bond motifs is 3. The van der Waals surface area contributed by atoms with Gasteiger partial charge in [0.05, 0.1) is 25.1 Å². The zero-order valence-electron chi connectivity index (χ0n) is 24.4. The summed E-state index contributed by atoms with van der Waals surface area (Å²) in [5.41, 5.74) is 6.91. The first-order chi connectivity index (χ1) is 20.2. The number of ether oxygens (including phenoxy) is 2. The van der Waals surface area contributed by atoms with Crippen molar-refractivity contribution in [1.29, 1.82) is 5.26 Å². The van der Waals surface area contributed by atoms with Gasteiger partial charge in [-0.15, -0.1) is 5.10 Å². The van der Waals surface area contributed by atoms with Crippen LogP contribution in [0.1, 0.15) is 58.2 Å². The minimum atomic E-state index is -0.311. The van der Waals surface area contributed by atoms with E-state index in [9.17, 15) is 14.9 Å². The summed E-state index contributed by atoms with van der Waals surface area (Å²) in [6.07, 6.45) is 1.10. The van der Waals surface area contributed by atoms with Crippen molar-refractivity contribution in [3.05, 3.63) is 79.9 Å². The molecule has 0 atom stereocenters. The van der Waals surface area contributed by atoms with Crippen LogP contribution in [0.4, 0.5) is 5.69 Å². The van der Waals surface area contributed by atoms with Crippen LogP contribution in [0.2, 0.25) is 0 Å². The van der Waals surface area contributed by atoms with Crippen LogP contribution in [0.3, 0.4) is 0 Å². The summed E-state index contributed by atoms with van der Waals surface area (Å²) in [6.45, 7) is 9.25. The largest absolute Gasteiger partial charge is 0.493 e. The van der Waals surface area contributed by atoms with Gasteiger partial charge in [-0.25, -0.2) is 9.79 Å². The van der Waals surface area contributed by atoms with E-state index in [2.05, 4.69) is 27.5 Å². The smallest absolute Gasteiger partial charge is 0.330 e. The van der Waals surface area contributed by atoms with Crippen LogP contribution in [0.15, 0.2) is 40.1 Å². The number of ketones is 1. The normalized spacial score (nSPS) is 12.4. The second kappa shape index (κ2) is 11.9. The van der Waals surface area contributed by atoms with Gasteiger partial charge < -0.3 is 9.47 Å². The number of aromatic amines is 1. The number of carbonyl (C=O) groups is 1. The summed E-state index contributed by atoms with van der Waals surface area (Å²) in [6, 6.07) is 11.9. The van der Waals surface area contributed by atoms with Crippen LogP contribution < -0.4 is 20.7 Å². The van der Waals surface area contributed by atoms with Gasteiger partial charge in [0.1, 0.15) is 11.6 Å². The molecule has 5 rings (SSSR count). The Labute approximate surface area is 243 Å². The number of H-pyrrole nitrogens is 1. The molecule has 0 saturated heterocycles. The van der Waals surface area contributed by atoms with E-state index in [1.165, 1.54) is 0 Å². The lowest BCUT2D eigenvalue weighted by atomic mass is 9.97. The Morgan fingerprint density at radius 3 is 2.57 bits per heavy atom. The molecule has 0 spiro atoms. The van der Waals surface area contributed by atoms with E-state index in [1.807, 2.05) is 52.0 Å². The fraction of sp³-hybridized carbons (Fsp3) is 0.355. The molecule has 4 aromatic rings. The first-order valence-corrected chi connectivity index (χ1v) is 13.9. The van der Waals surface area contributed by atoms with E-state index in [0.29, 0.717) is 43.0 Å². The van der Waals surface area contributed by atoms with Crippen molar-refractivity contribution >= 4 is 11.5 Å². The van der Waals surface area contributed by atoms with E-state index in [-0.39, 0.29) is 35.8 Å². The number of nitrogens with zero attached hydrogens (tertiary/aromatic N) is 6. The van der Waals surface area contributed by atoms with Crippen LogP contribution in [0.5, 0.6) is 11.5 Å². The van der Waals surface area contributed by atoms with Gasteiger partial charge in [-0.3, -0.25) is 13.9 Å². The van der Waals surface area contributed by atoms with Gasteiger partial charge in [-0.1, -0.05) is 17.7 Å². The molecule has 11 heteroatoms. The highest BCUT2D eigenvalue weighted by molar-refractivity contribution is 5.95. The average Bonchev–Trinajstić information content (AvgIpc) is 3.45. The maximum absolute atomic E-state index is 14.0. The number of nitriles is 1. The number of carbonyl (C=O) groups excluding carboxylic acids is 1. The Kier molecular flexibility index (Phi) is 8.06. The molecule has 0 unspecified atom stereocenters. The van der Waals surface area contributed by atoms with Crippen molar-refractivity contribution in [3.63, 3.8) is 0 Å². The molecular formula is C31H33N7O4.